The van der Waals surface area contributed by atoms with Gasteiger partial charge in [-0.05, 0) is 30.5 Å². The Bertz CT molecular complexity index is 316. The molecule has 0 aliphatic carbocycles. The first-order valence-electron chi connectivity index (χ1n) is 4.44. The quantitative estimate of drug-likeness (QED) is 0.719. The van der Waals surface area contributed by atoms with Crippen LogP contribution in [-0.4, -0.2) is 11.4 Å². The maximum Gasteiger partial charge on any atom is 0.124 e. The van der Waals surface area contributed by atoms with E-state index in [9.17, 15) is 9.90 Å². The van der Waals surface area contributed by atoms with Gasteiger partial charge in [-0.1, -0.05) is 13.0 Å². The average molecular weight is 178 g/mol. The Labute approximate surface area is 78.2 Å². The van der Waals surface area contributed by atoms with Crippen molar-refractivity contribution in [2.75, 3.05) is 0 Å². The Morgan fingerprint density at radius 1 is 1.38 bits per heavy atom. The lowest BCUT2D eigenvalue weighted by molar-refractivity contribution is -0.107. The molecule has 1 aromatic carbocycles. The van der Waals surface area contributed by atoms with Crippen molar-refractivity contribution in [3.05, 3.63) is 28.8 Å². The summed E-state index contributed by atoms with van der Waals surface area (Å²) in [4.78, 5) is 10.3. The number of hydrogen-bond donors (Lipinski definition) is 1. The highest BCUT2D eigenvalue weighted by Gasteiger charge is 2.04. The second-order valence-electron chi connectivity index (χ2n) is 3.13. The van der Waals surface area contributed by atoms with Gasteiger partial charge >= 0.3 is 0 Å². The Morgan fingerprint density at radius 3 is 2.62 bits per heavy atom. The highest BCUT2D eigenvalue weighted by Crippen LogP contribution is 2.22. The molecule has 0 heterocycles. The maximum absolute atomic E-state index is 10.3. The van der Waals surface area contributed by atoms with Crippen LogP contribution in [0.5, 0.6) is 5.75 Å². The first-order valence-corrected chi connectivity index (χ1v) is 4.44. The molecule has 2 heteroatoms. The van der Waals surface area contributed by atoms with Gasteiger partial charge in [-0.2, -0.15) is 0 Å². The average Bonchev–Trinajstić information content (AvgIpc) is 2.11. The summed E-state index contributed by atoms with van der Waals surface area (Å²) in [6.45, 7) is 4.04. The fourth-order valence-electron chi connectivity index (χ4n) is 1.43. The number of carbonyl (C=O) groups is 1. The number of carbonyl (C=O) groups excluding carboxylic acids is 1. The van der Waals surface area contributed by atoms with Gasteiger partial charge in [0.1, 0.15) is 12.0 Å². The van der Waals surface area contributed by atoms with E-state index >= 15 is 0 Å². The molecule has 1 N–H and O–H groups in total. The monoisotopic (exact) mass is 178 g/mol. The van der Waals surface area contributed by atoms with Crippen LogP contribution in [0.1, 0.15) is 23.6 Å². The number of aryl methyl sites for hydroxylation is 2. The van der Waals surface area contributed by atoms with Crippen LogP contribution in [0.4, 0.5) is 0 Å². The smallest absolute Gasteiger partial charge is 0.124 e. The summed E-state index contributed by atoms with van der Waals surface area (Å²) >= 11 is 0. The van der Waals surface area contributed by atoms with Crippen molar-refractivity contribution in [2.45, 2.75) is 26.7 Å². The van der Waals surface area contributed by atoms with Gasteiger partial charge in [-0.25, -0.2) is 0 Å². The van der Waals surface area contributed by atoms with Crippen LogP contribution in [0.3, 0.4) is 0 Å². The van der Waals surface area contributed by atoms with Crippen LogP contribution in [-0.2, 0) is 17.6 Å². The van der Waals surface area contributed by atoms with E-state index in [-0.39, 0.29) is 12.2 Å². The molecular formula is C11H14O2. The van der Waals surface area contributed by atoms with E-state index in [1.165, 1.54) is 0 Å². The van der Waals surface area contributed by atoms with Gasteiger partial charge < -0.3 is 9.90 Å². The lowest BCUT2D eigenvalue weighted by Gasteiger charge is -2.07. The first kappa shape index (κ1) is 9.78. The minimum absolute atomic E-state index is 0.231. The van der Waals surface area contributed by atoms with E-state index in [0.717, 1.165) is 23.8 Å². The van der Waals surface area contributed by atoms with E-state index < -0.39 is 0 Å². The van der Waals surface area contributed by atoms with Crippen LogP contribution < -0.4 is 0 Å². The number of aldehydes is 1. The first-order chi connectivity index (χ1) is 6.19. The molecule has 0 aliphatic heterocycles. The standard InChI is InChI=1S/C11H14O2/c1-3-9-7-11(13)10(4-5-12)6-8(9)2/h5-7,13H,3-4H2,1-2H3. The van der Waals surface area contributed by atoms with Crippen molar-refractivity contribution in [3.8, 4) is 5.75 Å². The molecule has 0 saturated carbocycles. The molecule has 0 radical (unpaired) electrons. The zero-order valence-electron chi connectivity index (χ0n) is 8.00. The van der Waals surface area contributed by atoms with Gasteiger partial charge in [0.15, 0.2) is 0 Å². The molecule has 0 saturated heterocycles. The van der Waals surface area contributed by atoms with Crippen molar-refractivity contribution in [1.29, 1.82) is 0 Å². The third-order valence-electron chi connectivity index (χ3n) is 2.22. The minimum Gasteiger partial charge on any atom is -0.508 e. The highest BCUT2D eigenvalue weighted by molar-refractivity contribution is 5.58. The molecule has 70 valence electrons. The third-order valence-corrected chi connectivity index (χ3v) is 2.22. The van der Waals surface area contributed by atoms with Gasteiger partial charge in [0, 0.05) is 12.0 Å². The van der Waals surface area contributed by atoms with Crippen molar-refractivity contribution in [1.82, 2.24) is 0 Å². The molecule has 0 aliphatic rings. The molecule has 0 fully saturated rings. The fraction of sp³-hybridized carbons (Fsp3) is 0.364. The predicted octanol–water partition coefficient (Wildman–Crippen LogP) is 2.00. The number of rotatable bonds is 3. The maximum atomic E-state index is 10.3. The molecule has 0 spiro atoms. The normalized spacial score (nSPS) is 10.0. The van der Waals surface area contributed by atoms with Crippen molar-refractivity contribution >= 4 is 6.29 Å². The summed E-state index contributed by atoms with van der Waals surface area (Å²) in [6.07, 6.45) is 2.00. The van der Waals surface area contributed by atoms with Gasteiger partial charge in [-0.15, -0.1) is 0 Å². The second kappa shape index (κ2) is 4.08. The van der Waals surface area contributed by atoms with Gasteiger partial charge in [-0.3, -0.25) is 0 Å². The van der Waals surface area contributed by atoms with Crippen molar-refractivity contribution in [3.63, 3.8) is 0 Å². The van der Waals surface area contributed by atoms with E-state index in [2.05, 4.69) is 0 Å². The molecule has 0 aromatic heterocycles. The molecule has 0 unspecified atom stereocenters. The van der Waals surface area contributed by atoms with E-state index in [0.29, 0.717) is 5.56 Å². The zero-order valence-corrected chi connectivity index (χ0v) is 8.00. The van der Waals surface area contributed by atoms with Crippen LogP contribution >= 0.6 is 0 Å². The van der Waals surface area contributed by atoms with Crippen molar-refractivity contribution in [2.24, 2.45) is 0 Å². The molecular weight excluding hydrogens is 164 g/mol. The largest absolute Gasteiger partial charge is 0.508 e. The molecule has 1 aromatic rings. The summed E-state index contributed by atoms with van der Waals surface area (Å²) in [5.41, 5.74) is 2.98. The number of hydrogen-bond acceptors (Lipinski definition) is 2. The number of phenolic OH excluding ortho intramolecular Hbond substituents is 1. The predicted molar refractivity (Wildman–Crippen MR) is 52.0 cm³/mol. The SMILES string of the molecule is CCc1cc(O)c(CC=O)cc1C. The Hall–Kier alpha value is -1.31. The van der Waals surface area contributed by atoms with E-state index in [4.69, 9.17) is 0 Å². The zero-order chi connectivity index (χ0) is 9.84. The summed E-state index contributed by atoms with van der Waals surface area (Å²) in [5, 5.41) is 9.52. The third kappa shape index (κ3) is 2.08. The molecule has 1 rings (SSSR count). The molecule has 13 heavy (non-hydrogen) atoms. The van der Waals surface area contributed by atoms with Crippen molar-refractivity contribution < 1.29 is 9.90 Å². The second-order valence-corrected chi connectivity index (χ2v) is 3.13. The molecule has 2 nitrogen and oxygen atoms in total. The lowest BCUT2D eigenvalue weighted by Crippen LogP contribution is -1.92. The number of benzene rings is 1. The van der Waals surface area contributed by atoms with Crippen LogP contribution in [0.15, 0.2) is 12.1 Å². The molecule has 0 amide bonds. The number of aromatic hydroxyl groups is 1. The van der Waals surface area contributed by atoms with Crippen LogP contribution in [0.25, 0.3) is 0 Å². The van der Waals surface area contributed by atoms with Gasteiger partial charge in [0.25, 0.3) is 0 Å². The summed E-state index contributed by atoms with van der Waals surface area (Å²) in [5.74, 6) is 0.231. The summed E-state index contributed by atoms with van der Waals surface area (Å²) in [6, 6.07) is 3.62. The summed E-state index contributed by atoms with van der Waals surface area (Å²) in [7, 11) is 0. The highest BCUT2D eigenvalue weighted by atomic mass is 16.3. The minimum atomic E-state index is 0.231. The fourth-order valence-corrected chi connectivity index (χ4v) is 1.43. The Morgan fingerprint density at radius 2 is 2.08 bits per heavy atom. The van der Waals surface area contributed by atoms with Crippen LogP contribution in [0, 0.1) is 6.92 Å². The lowest BCUT2D eigenvalue weighted by atomic mass is 10.0. The summed E-state index contributed by atoms with van der Waals surface area (Å²) < 4.78 is 0. The van der Waals surface area contributed by atoms with Crippen LogP contribution in [0.2, 0.25) is 0 Å². The Balaban J connectivity index is 3.12. The number of phenols is 1. The van der Waals surface area contributed by atoms with Gasteiger partial charge in [0.2, 0.25) is 0 Å². The van der Waals surface area contributed by atoms with E-state index in [1.807, 2.05) is 19.9 Å². The molecule has 0 atom stereocenters. The topological polar surface area (TPSA) is 37.3 Å². The van der Waals surface area contributed by atoms with Gasteiger partial charge in [0.05, 0.1) is 0 Å². The molecule has 0 bridgehead atoms. The Kier molecular flexibility index (Phi) is 3.07. The van der Waals surface area contributed by atoms with E-state index in [1.54, 1.807) is 6.07 Å².